The molecule has 0 bridgehead atoms. The Labute approximate surface area is 136 Å². The van der Waals surface area contributed by atoms with Gasteiger partial charge >= 0.3 is 0 Å². The van der Waals surface area contributed by atoms with E-state index in [4.69, 9.17) is 5.11 Å². The summed E-state index contributed by atoms with van der Waals surface area (Å²) in [6, 6.07) is 3.56. The van der Waals surface area contributed by atoms with E-state index in [1.807, 2.05) is 0 Å². The first kappa shape index (κ1) is 16.1. The molecule has 0 spiro atoms. The van der Waals surface area contributed by atoms with E-state index in [0.717, 1.165) is 11.0 Å². The van der Waals surface area contributed by atoms with Crippen molar-refractivity contribution in [2.75, 3.05) is 19.6 Å². The van der Waals surface area contributed by atoms with E-state index in [1.54, 1.807) is 0 Å². The number of nitrogens with zero attached hydrogens (tertiary/aromatic N) is 3. The molecule has 1 N–H and O–H groups in total. The van der Waals surface area contributed by atoms with Gasteiger partial charge in [-0.05, 0) is 12.5 Å². The van der Waals surface area contributed by atoms with Crippen molar-refractivity contribution in [3.63, 3.8) is 0 Å². The molecule has 1 aromatic carbocycles. The summed E-state index contributed by atoms with van der Waals surface area (Å²) >= 11 is 0. The van der Waals surface area contributed by atoms with E-state index in [1.165, 1.54) is 17.0 Å². The Kier molecular flexibility index (Phi) is 4.02. The summed E-state index contributed by atoms with van der Waals surface area (Å²) in [5.41, 5.74) is -0.0857. The Bertz CT molecular complexity index is 741. The Balaban J connectivity index is 1.61. The highest BCUT2D eigenvalue weighted by Gasteiger charge is 2.36. The summed E-state index contributed by atoms with van der Waals surface area (Å²) in [5.74, 6) is -1.21. The Morgan fingerprint density at radius 2 is 1.92 bits per heavy atom. The average Bonchev–Trinajstić information content (AvgIpc) is 2.76. The Morgan fingerprint density at radius 1 is 1.25 bits per heavy atom. The molecule has 24 heavy (non-hydrogen) atoms. The van der Waals surface area contributed by atoms with E-state index < -0.39 is 22.8 Å². The van der Waals surface area contributed by atoms with Crippen LogP contribution in [0.2, 0.25) is 0 Å². The van der Waals surface area contributed by atoms with Gasteiger partial charge in [0.25, 0.3) is 17.5 Å². The zero-order valence-corrected chi connectivity index (χ0v) is 12.7. The number of aliphatic hydroxyl groups is 1. The third-order valence-corrected chi connectivity index (χ3v) is 4.15. The Morgan fingerprint density at radius 3 is 2.54 bits per heavy atom. The molecule has 3 amide bonds. The molecule has 1 saturated heterocycles. The standard InChI is InChI=1S/C15H15N3O6/c19-10-7-16(8-10)13(20)2-1-5-17-14(21)11-4-3-9(18(23)24)6-12(11)15(17)22/h3-4,6,10,19H,1-2,5,7-8H2. The molecule has 2 aliphatic heterocycles. The number of carbonyl (C=O) groups is 3. The zero-order chi connectivity index (χ0) is 17.4. The maximum Gasteiger partial charge on any atom is 0.270 e. The van der Waals surface area contributed by atoms with Crippen molar-refractivity contribution in [2.45, 2.75) is 18.9 Å². The SMILES string of the molecule is O=C(CCCN1C(=O)c2ccc([N+](=O)[O-])cc2C1=O)N1CC(O)C1. The number of imide groups is 1. The van der Waals surface area contributed by atoms with Crippen molar-refractivity contribution in [1.82, 2.24) is 9.80 Å². The second-order valence-corrected chi connectivity index (χ2v) is 5.81. The number of hydrogen-bond acceptors (Lipinski definition) is 6. The largest absolute Gasteiger partial charge is 0.389 e. The van der Waals surface area contributed by atoms with E-state index >= 15 is 0 Å². The summed E-state index contributed by atoms with van der Waals surface area (Å²) in [6.45, 7) is 0.702. The number of β-amino-alcohol motifs (C(OH)–C–C–N with tert-alkyl or cyclic N) is 1. The highest BCUT2D eigenvalue weighted by atomic mass is 16.6. The molecule has 3 rings (SSSR count). The van der Waals surface area contributed by atoms with Crippen LogP contribution in [0.15, 0.2) is 18.2 Å². The van der Waals surface area contributed by atoms with Crippen LogP contribution < -0.4 is 0 Å². The molecule has 0 saturated carbocycles. The number of benzene rings is 1. The van der Waals surface area contributed by atoms with Crippen LogP contribution in [0.5, 0.6) is 0 Å². The van der Waals surface area contributed by atoms with Gasteiger partial charge in [-0.25, -0.2) is 0 Å². The van der Waals surface area contributed by atoms with Gasteiger partial charge in [0.1, 0.15) is 0 Å². The van der Waals surface area contributed by atoms with Crippen molar-refractivity contribution in [2.24, 2.45) is 0 Å². The highest BCUT2D eigenvalue weighted by molar-refractivity contribution is 6.21. The van der Waals surface area contributed by atoms with Crippen LogP contribution in [0.25, 0.3) is 0 Å². The number of likely N-dealkylation sites (tertiary alicyclic amines) is 1. The average molecular weight is 333 g/mol. The van der Waals surface area contributed by atoms with E-state index in [0.29, 0.717) is 19.5 Å². The van der Waals surface area contributed by atoms with Crippen LogP contribution in [-0.2, 0) is 4.79 Å². The zero-order valence-electron chi connectivity index (χ0n) is 12.7. The summed E-state index contributed by atoms with van der Waals surface area (Å²) < 4.78 is 0. The monoisotopic (exact) mass is 333 g/mol. The molecule has 1 aromatic rings. The molecule has 0 aromatic heterocycles. The fraction of sp³-hybridized carbons (Fsp3) is 0.400. The smallest absolute Gasteiger partial charge is 0.270 e. The molecule has 0 unspecified atom stereocenters. The maximum atomic E-state index is 12.3. The van der Waals surface area contributed by atoms with Crippen molar-refractivity contribution in [3.05, 3.63) is 39.4 Å². The second kappa shape index (κ2) is 6.00. The molecular formula is C15H15N3O6. The van der Waals surface area contributed by atoms with Gasteiger partial charge in [-0.3, -0.25) is 29.4 Å². The quantitative estimate of drug-likeness (QED) is 0.466. The third kappa shape index (κ3) is 2.73. The number of non-ortho nitro benzene ring substituents is 1. The maximum absolute atomic E-state index is 12.3. The third-order valence-electron chi connectivity index (χ3n) is 4.15. The first-order chi connectivity index (χ1) is 11.4. The summed E-state index contributed by atoms with van der Waals surface area (Å²) in [4.78, 5) is 48.9. The van der Waals surface area contributed by atoms with Crippen molar-refractivity contribution >= 4 is 23.4 Å². The number of rotatable bonds is 5. The first-order valence-corrected chi connectivity index (χ1v) is 7.49. The molecule has 2 aliphatic rings. The fourth-order valence-corrected chi connectivity index (χ4v) is 2.80. The van der Waals surface area contributed by atoms with Crippen LogP contribution in [0.1, 0.15) is 33.6 Å². The van der Waals surface area contributed by atoms with E-state index in [2.05, 4.69) is 0 Å². The first-order valence-electron chi connectivity index (χ1n) is 7.49. The Hall–Kier alpha value is -2.81. The number of amides is 3. The number of nitro groups is 1. The number of hydrogen-bond donors (Lipinski definition) is 1. The van der Waals surface area contributed by atoms with Gasteiger partial charge in [0, 0.05) is 38.2 Å². The van der Waals surface area contributed by atoms with Crippen molar-refractivity contribution in [3.8, 4) is 0 Å². The van der Waals surface area contributed by atoms with Crippen LogP contribution in [0.4, 0.5) is 5.69 Å². The number of fused-ring (bicyclic) bond motifs is 1. The van der Waals surface area contributed by atoms with Gasteiger partial charge < -0.3 is 10.0 Å². The van der Waals surface area contributed by atoms with Gasteiger partial charge in [-0.1, -0.05) is 0 Å². The highest BCUT2D eigenvalue weighted by Crippen LogP contribution is 2.27. The van der Waals surface area contributed by atoms with Crippen LogP contribution >= 0.6 is 0 Å². The predicted molar refractivity (Wildman–Crippen MR) is 80.3 cm³/mol. The molecule has 9 nitrogen and oxygen atoms in total. The number of carbonyl (C=O) groups excluding carboxylic acids is 3. The van der Waals surface area contributed by atoms with Gasteiger partial charge in [0.05, 0.1) is 22.2 Å². The van der Waals surface area contributed by atoms with Crippen molar-refractivity contribution < 1.29 is 24.4 Å². The van der Waals surface area contributed by atoms with Gasteiger partial charge in [0.2, 0.25) is 5.91 Å². The summed E-state index contributed by atoms with van der Waals surface area (Å²) in [5, 5.41) is 19.9. The summed E-state index contributed by atoms with van der Waals surface area (Å²) in [7, 11) is 0. The molecule has 0 aliphatic carbocycles. The van der Waals surface area contributed by atoms with Gasteiger partial charge in [-0.2, -0.15) is 0 Å². The molecule has 126 valence electrons. The normalized spacial score (nSPS) is 17.0. The number of aliphatic hydroxyl groups excluding tert-OH is 1. The van der Waals surface area contributed by atoms with Crippen LogP contribution in [0, 0.1) is 10.1 Å². The lowest BCUT2D eigenvalue weighted by Gasteiger charge is -2.36. The minimum absolute atomic E-state index is 0.0198. The molecule has 2 heterocycles. The van der Waals surface area contributed by atoms with E-state index in [-0.39, 0.29) is 35.7 Å². The van der Waals surface area contributed by atoms with Crippen molar-refractivity contribution in [1.29, 1.82) is 0 Å². The molecular weight excluding hydrogens is 318 g/mol. The molecule has 9 heteroatoms. The van der Waals surface area contributed by atoms with Gasteiger partial charge in [0.15, 0.2) is 0 Å². The lowest BCUT2D eigenvalue weighted by Crippen LogP contribution is -2.53. The predicted octanol–water partition coefficient (Wildman–Crippen LogP) is 0.174. The number of nitro benzene ring substituents is 1. The lowest BCUT2D eigenvalue weighted by atomic mass is 10.1. The minimum atomic E-state index is -0.624. The molecule has 1 fully saturated rings. The van der Waals surface area contributed by atoms with E-state index in [9.17, 15) is 24.5 Å². The van der Waals surface area contributed by atoms with Gasteiger partial charge in [-0.15, -0.1) is 0 Å². The molecule has 0 radical (unpaired) electrons. The minimum Gasteiger partial charge on any atom is -0.389 e. The topological polar surface area (TPSA) is 121 Å². The fourth-order valence-electron chi connectivity index (χ4n) is 2.80. The van der Waals surface area contributed by atoms with Crippen LogP contribution in [0.3, 0.4) is 0 Å². The van der Waals surface area contributed by atoms with Crippen LogP contribution in [-0.4, -0.2) is 63.3 Å². The second-order valence-electron chi connectivity index (χ2n) is 5.81. The lowest BCUT2D eigenvalue weighted by molar-refractivity contribution is -0.384. The molecule has 0 atom stereocenters. The summed E-state index contributed by atoms with van der Waals surface area (Å²) in [6.07, 6.45) is 0.000174.